The maximum atomic E-state index is 13.5. The van der Waals surface area contributed by atoms with Crippen molar-refractivity contribution in [2.75, 3.05) is 6.61 Å². The lowest BCUT2D eigenvalue weighted by Gasteiger charge is -2.18. The normalized spacial score (nSPS) is 16.2. The minimum Gasteiger partial charge on any atom is -0.372 e. The molecule has 2 heterocycles. The first-order valence-electron chi connectivity index (χ1n) is 4.86. The SMILES string of the molecule is CC(C)(F)C(=O)c1cnc2n1CCOC2. The zero-order chi connectivity index (χ0) is 11.1. The molecule has 1 aliphatic heterocycles. The highest BCUT2D eigenvalue weighted by Gasteiger charge is 2.31. The van der Waals surface area contributed by atoms with E-state index in [9.17, 15) is 9.18 Å². The number of alkyl halides is 1. The van der Waals surface area contributed by atoms with E-state index in [1.54, 1.807) is 4.57 Å². The average Bonchev–Trinajstić information content (AvgIpc) is 2.58. The molecule has 15 heavy (non-hydrogen) atoms. The van der Waals surface area contributed by atoms with Gasteiger partial charge < -0.3 is 9.30 Å². The number of nitrogens with zero attached hydrogens (tertiary/aromatic N) is 2. The molecule has 0 amide bonds. The highest BCUT2D eigenvalue weighted by atomic mass is 19.1. The van der Waals surface area contributed by atoms with Gasteiger partial charge in [-0.3, -0.25) is 4.79 Å². The number of carbonyl (C=O) groups is 1. The molecule has 0 bridgehead atoms. The Morgan fingerprint density at radius 3 is 3.07 bits per heavy atom. The zero-order valence-corrected chi connectivity index (χ0v) is 8.79. The van der Waals surface area contributed by atoms with E-state index in [0.717, 1.165) is 0 Å². The first-order chi connectivity index (χ1) is 7.00. The monoisotopic (exact) mass is 212 g/mol. The zero-order valence-electron chi connectivity index (χ0n) is 8.79. The molecule has 0 fully saturated rings. The van der Waals surface area contributed by atoms with Gasteiger partial charge in [-0.25, -0.2) is 9.37 Å². The van der Waals surface area contributed by atoms with Gasteiger partial charge in [0.05, 0.1) is 12.8 Å². The van der Waals surface area contributed by atoms with Gasteiger partial charge in [0, 0.05) is 6.54 Å². The topological polar surface area (TPSA) is 44.1 Å². The van der Waals surface area contributed by atoms with Gasteiger partial charge in [0.25, 0.3) is 0 Å². The van der Waals surface area contributed by atoms with Gasteiger partial charge in [0.15, 0.2) is 5.67 Å². The molecule has 1 aliphatic rings. The van der Waals surface area contributed by atoms with Crippen LogP contribution in [0, 0.1) is 0 Å². The smallest absolute Gasteiger partial charge is 0.217 e. The fraction of sp³-hybridized carbons (Fsp3) is 0.600. The number of aromatic nitrogens is 2. The lowest BCUT2D eigenvalue weighted by atomic mass is 10.0. The average molecular weight is 212 g/mol. The van der Waals surface area contributed by atoms with E-state index in [4.69, 9.17) is 4.74 Å². The minimum atomic E-state index is -1.85. The fourth-order valence-corrected chi connectivity index (χ4v) is 1.58. The molecule has 0 unspecified atom stereocenters. The predicted octanol–water partition coefficient (Wildman–Crippen LogP) is 1.34. The standard InChI is InChI=1S/C10H13FN2O2/c1-10(2,11)9(14)7-5-12-8-6-15-4-3-13(7)8/h5H,3-4,6H2,1-2H3. The molecule has 4 nitrogen and oxygen atoms in total. The molecule has 0 spiro atoms. The second-order valence-electron chi connectivity index (χ2n) is 4.07. The van der Waals surface area contributed by atoms with Crippen molar-refractivity contribution in [2.45, 2.75) is 32.7 Å². The van der Waals surface area contributed by atoms with Crippen molar-refractivity contribution in [3.05, 3.63) is 17.7 Å². The number of fused-ring (bicyclic) bond motifs is 1. The Morgan fingerprint density at radius 2 is 2.40 bits per heavy atom. The summed E-state index contributed by atoms with van der Waals surface area (Å²) in [5.41, 5.74) is -1.52. The van der Waals surface area contributed by atoms with E-state index in [2.05, 4.69) is 4.98 Å². The molecule has 0 N–H and O–H groups in total. The molecule has 0 saturated heterocycles. The maximum absolute atomic E-state index is 13.5. The highest BCUT2D eigenvalue weighted by Crippen LogP contribution is 2.19. The number of ketones is 1. The van der Waals surface area contributed by atoms with E-state index >= 15 is 0 Å². The largest absolute Gasteiger partial charge is 0.372 e. The van der Waals surface area contributed by atoms with Crippen LogP contribution >= 0.6 is 0 Å². The number of ether oxygens (including phenoxy) is 1. The lowest BCUT2D eigenvalue weighted by Crippen LogP contribution is -2.30. The summed E-state index contributed by atoms with van der Waals surface area (Å²) in [6.45, 7) is 4.01. The molecular formula is C10H13FN2O2. The number of imidazole rings is 1. The number of hydrogen-bond acceptors (Lipinski definition) is 3. The maximum Gasteiger partial charge on any atom is 0.217 e. The second-order valence-corrected chi connectivity index (χ2v) is 4.07. The summed E-state index contributed by atoms with van der Waals surface area (Å²) in [7, 11) is 0. The Labute approximate surface area is 87.1 Å². The summed E-state index contributed by atoms with van der Waals surface area (Å²) in [5, 5.41) is 0. The third-order valence-corrected chi connectivity index (χ3v) is 2.40. The first-order valence-corrected chi connectivity index (χ1v) is 4.86. The summed E-state index contributed by atoms with van der Waals surface area (Å²) in [6.07, 6.45) is 1.42. The van der Waals surface area contributed by atoms with Gasteiger partial charge in [-0.05, 0) is 13.8 Å². The van der Waals surface area contributed by atoms with Crippen LogP contribution in [0.3, 0.4) is 0 Å². The minimum absolute atomic E-state index is 0.334. The third-order valence-electron chi connectivity index (χ3n) is 2.40. The van der Waals surface area contributed by atoms with Gasteiger partial charge in [-0.2, -0.15) is 0 Å². The lowest BCUT2D eigenvalue weighted by molar-refractivity contribution is 0.0693. The van der Waals surface area contributed by atoms with Crippen molar-refractivity contribution in [1.82, 2.24) is 9.55 Å². The molecule has 1 aromatic rings. The molecule has 0 saturated carbocycles. The quantitative estimate of drug-likeness (QED) is 0.695. The number of Topliss-reactive ketones (excluding diaryl/α,β-unsaturated/α-hetero) is 1. The number of rotatable bonds is 2. The molecule has 0 radical (unpaired) electrons. The van der Waals surface area contributed by atoms with E-state index in [-0.39, 0.29) is 0 Å². The fourth-order valence-electron chi connectivity index (χ4n) is 1.58. The predicted molar refractivity (Wildman–Crippen MR) is 51.4 cm³/mol. The van der Waals surface area contributed by atoms with Gasteiger partial charge >= 0.3 is 0 Å². The van der Waals surface area contributed by atoms with Crippen molar-refractivity contribution >= 4 is 5.78 Å². The molecule has 82 valence electrons. The summed E-state index contributed by atoms with van der Waals surface area (Å²) in [6, 6.07) is 0. The van der Waals surface area contributed by atoms with Gasteiger partial charge in [-0.15, -0.1) is 0 Å². The van der Waals surface area contributed by atoms with Crippen molar-refractivity contribution < 1.29 is 13.9 Å². The van der Waals surface area contributed by atoms with E-state index in [0.29, 0.717) is 31.3 Å². The van der Waals surface area contributed by atoms with Crippen LogP contribution in [-0.4, -0.2) is 27.6 Å². The van der Waals surface area contributed by atoms with E-state index in [1.807, 2.05) is 0 Å². The number of hydrogen-bond donors (Lipinski definition) is 0. The molecule has 0 aliphatic carbocycles. The van der Waals surface area contributed by atoms with Gasteiger partial charge in [-0.1, -0.05) is 0 Å². The third kappa shape index (κ3) is 1.79. The van der Waals surface area contributed by atoms with Gasteiger partial charge in [0.1, 0.15) is 18.1 Å². The van der Waals surface area contributed by atoms with E-state index < -0.39 is 11.5 Å². The molecule has 5 heteroatoms. The number of halogens is 1. The summed E-state index contributed by atoms with van der Waals surface area (Å²) in [4.78, 5) is 15.8. The van der Waals surface area contributed by atoms with Crippen LogP contribution in [-0.2, 0) is 17.9 Å². The van der Waals surface area contributed by atoms with Crippen molar-refractivity contribution in [3.8, 4) is 0 Å². The van der Waals surface area contributed by atoms with Crippen LogP contribution in [0.15, 0.2) is 6.20 Å². The van der Waals surface area contributed by atoms with Crippen LogP contribution in [0.1, 0.15) is 30.2 Å². The Bertz CT molecular complexity index is 393. The summed E-state index contributed by atoms with van der Waals surface area (Å²) >= 11 is 0. The van der Waals surface area contributed by atoms with Crippen LogP contribution < -0.4 is 0 Å². The van der Waals surface area contributed by atoms with Crippen molar-refractivity contribution in [2.24, 2.45) is 0 Å². The molecule has 2 rings (SSSR count). The highest BCUT2D eigenvalue weighted by molar-refractivity contribution is 6.00. The van der Waals surface area contributed by atoms with Crippen LogP contribution in [0.2, 0.25) is 0 Å². The molecule has 0 atom stereocenters. The Hall–Kier alpha value is -1.23. The molecular weight excluding hydrogens is 199 g/mol. The van der Waals surface area contributed by atoms with Gasteiger partial charge in [0.2, 0.25) is 5.78 Å². The van der Waals surface area contributed by atoms with Crippen LogP contribution in [0.25, 0.3) is 0 Å². The summed E-state index contributed by atoms with van der Waals surface area (Å²) in [5.74, 6) is 0.164. The van der Waals surface area contributed by atoms with Crippen LogP contribution in [0.5, 0.6) is 0 Å². The van der Waals surface area contributed by atoms with E-state index in [1.165, 1.54) is 20.0 Å². The summed E-state index contributed by atoms with van der Waals surface area (Å²) < 4.78 is 20.4. The number of carbonyl (C=O) groups excluding carboxylic acids is 1. The first kappa shape index (κ1) is 10.3. The molecule has 1 aromatic heterocycles. The Kier molecular flexibility index (Phi) is 2.34. The van der Waals surface area contributed by atoms with Crippen molar-refractivity contribution in [1.29, 1.82) is 0 Å². The second kappa shape index (κ2) is 3.41. The Morgan fingerprint density at radius 1 is 1.67 bits per heavy atom. The van der Waals surface area contributed by atoms with Crippen LogP contribution in [0.4, 0.5) is 4.39 Å². The van der Waals surface area contributed by atoms with Crippen molar-refractivity contribution in [3.63, 3.8) is 0 Å². The Balaban J connectivity index is 2.37. The molecule has 0 aromatic carbocycles.